The van der Waals surface area contributed by atoms with E-state index >= 15 is 0 Å². The molecule has 1 fully saturated rings. The molecule has 1 aliphatic heterocycles. The molecule has 0 atom stereocenters. The number of hydrogen-bond donors (Lipinski definition) is 3. The molecule has 4 aromatic rings. The average Bonchev–Trinajstić information content (AvgIpc) is 2.99. The number of halogens is 4. The van der Waals surface area contributed by atoms with Crippen molar-refractivity contribution in [3.8, 4) is 16.9 Å². The van der Waals surface area contributed by atoms with E-state index in [1.54, 1.807) is 35.4 Å². The lowest BCUT2D eigenvalue weighted by Crippen LogP contribution is -2.37. The van der Waals surface area contributed by atoms with Gasteiger partial charge in [-0.1, -0.05) is 31.5 Å². The zero-order valence-corrected chi connectivity index (χ0v) is 23.3. The summed E-state index contributed by atoms with van der Waals surface area (Å²) in [7, 11) is 0. The maximum absolute atomic E-state index is 14.3. The second kappa shape index (κ2) is 13.1. The van der Waals surface area contributed by atoms with Crippen molar-refractivity contribution in [2.75, 3.05) is 41.9 Å². The molecule has 0 amide bonds. The molecule has 3 N–H and O–H groups in total. The number of hydrogen-bond acceptors (Lipinski definition) is 8. The van der Waals surface area contributed by atoms with Crippen LogP contribution in [0.3, 0.4) is 0 Å². The van der Waals surface area contributed by atoms with Gasteiger partial charge >= 0.3 is 6.18 Å². The van der Waals surface area contributed by atoms with E-state index in [0.717, 1.165) is 35.9 Å². The third-order valence-electron chi connectivity index (χ3n) is 6.80. The zero-order valence-electron chi connectivity index (χ0n) is 23.3. The minimum atomic E-state index is -4.55. The molecular weight excluding hydrogens is 564 g/mol. The summed E-state index contributed by atoms with van der Waals surface area (Å²) in [6.07, 6.45) is -0.339. The number of alkyl halides is 3. The fourth-order valence-electron chi connectivity index (χ4n) is 4.75. The summed E-state index contributed by atoms with van der Waals surface area (Å²) in [5, 5.41) is 17.2. The van der Waals surface area contributed by atoms with Gasteiger partial charge in [-0.15, -0.1) is 0 Å². The van der Waals surface area contributed by atoms with E-state index in [2.05, 4.69) is 25.8 Å². The minimum absolute atomic E-state index is 0.0381. The van der Waals surface area contributed by atoms with Crippen molar-refractivity contribution >= 4 is 29.4 Å². The van der Waals surface area contributed by atoms with Gasteiger partial charge in [0, 0.05) is 24.5 Å². The molecule has 1 aromatic heterocycles. The number of nitrogens with one attached hydrogen (secondary N) is 2. The molecular formula is C31H30F4N6O2. The number of rotatable bonds is 9. The lowest BCUT2D eigenvalue weighted by atomic mass is 10.0. The number of anilines is 4. The number of aromatic nitrogens is 2. The van der Waals surface area contributed by atoms with Gasteiger partial charge in [-0.2, -0.15) is 23.3 Å². The van der Waals surface area contributed by atoms with Gasteiger partial charge in [0.15, 0.2) is 11.6 Å². The maximum atomic E-state index is 14.3. The van der Waals surface area contributed by atoms with Crippen LogP contribution < -0.4 is 15.6 Å². The number of aromatic hydroxyl groups is 1. The van der Waals surface area contributed by atoms with Crippen LogP contribution in [-0.2, 0) is 17.3 Å². The van der Waals surface area contributed by atoms with E-state index in [1.807, 2.05) is 19.1 Å². The molecule has 8 nitrogen and oxygen atoms in total. The Morgan fingerprint density at radius 3 is 2.58 bits per heavy atom. The molecule has 2 heterocycles. The molecule has 5 rings (SSSR count). The van der Waals surface area contributed by atoms with Crippen LogP contribution >= 0.6 is 0 Å². The van der Waals surface area contributed by atoms with Gasteiger partial charge < -0.3 is 20.1 Å². The van der Waals surface area contributed by atoms with Crippen molar-refractivity contribution in [2.45, 2.75) is 25.9 Å². The number of aryl methyl sites for hydroxylation is 1. The van der Waals surface area contributed by atoms with Crippen molar-refractivity contribution in [3.63, 3.8) is 0 Å². The first kappa shape index (κ1) is 29.8. The van der Waals surface area contributed by atoms with Gasteiger partial charge in [0.1, 0.15) is 5.75 Å². The quantitative estimate of drug-likeness (QED) is 0.109. The lowest BCUT2D eigenvalue weighted by molar-refractivity contribution is -0.137. The van der Waals surface area contributed by atoms with Crippen molar-refractivity contribution in [2.24, 2.45) is 5.10 Å². The molecule has 43 heavy (non-hydrogen) atoms. The van der Waals surface area contributed by atoms with E-state index in [9.17, 15) is 22.7 Å². The SMILES string of the molecule is CCCc1cc(Nc2cc(-c3cccc(O)c3)cc(C(F)(F)F)c2)ccc1/C=N/Nc1ncc(F)c(N2CCOCC2)n1. The highest BCUT2D eigenvalue weighted by Crippen LogP contribution is 2.36. The normalized spacial score (nSPS) is 13.8. The smallest absolute Gasteiger partial charge is 0.416 e. The third-order valence-corrected chi connectivity index (χ3v) is 6.80. The molecule has 0 spiro atoms. The topological polar surface area (TPSA) is 94.9 Å². The average molecular weight is 595 g/mol. The van der Waals surface area contributed by atoms with Gasteiger partial charge in [-0.25, -0.2) is 14.8 Å². The van der Waals surface area contributed by atoms with Gasteiger partial charge in [0.2, 0.25) is 5.95 Å². The van der Waals surface area contributed by atoms with Crippen LogP contribution in [0.2, 0.25) is 0 Å². The Hall–Kier alpha value is -4.71. The van der Waals surface area contributed by atoms with Gasteiger partial charge in [0.25, 0.3) is 0 Å². The third kappa shape index (κ3) is 7.58. The summed E-state index contributed by atoms with van der Waals surface area (Å²) < 4.78 is 60.9. The summed E-state index contributed by atoms with van der Waals surface area (Å²) in [6, 6.07) is 15.2. The summed E-state index contributed by atoms with van der Waals surface area (Å²) >= 11 is 0. The van der Waals surface area contributed by atoms with Crippen LogP contribution in [0.4, 0.5) is 40.7 Å². The van der Waals surface area contributed by atoms with Crippen molar-refractivity contribution in [1.82, 2.24) is 9.97 Å². The van der Waals surface area contributed by atoms with Crippen LogP contribution in [0.15, 0.2) is 72.0 Å². The van der Waals surface area contributed by atoms with Crippen LogP contribution in [0.25, 0.3) is 11.1 Å². The standard InChI is InChI=1S/C31H30F4N6O2/c1-2-4-20-14-25(38-26-15-23(13-24(17-26)31(33,34)35)21-5-3-6-27(42)16-21)8-7-22(20)18-37-40-30-36-19-28(32)29(39-30)41-9-11-43-12-10-41/h3,5-8,13-19,38,42H,2,4,9-12H2,1H3,(H,36,39,40)/b37-18+. The number of nitrogens with zero attached hydrogens (tertiary/aromatic N) is 4. The first-order valence-corrected chi connectivity index (χ1v) is 13.8. The fourth-order valence-corrected chi connectivity index (χ4v) is 4.75. The molecule has 1 saturated heterocycles. The second-order valence-corrected chi connectivity index (χ2v) is 9.97. The van der Waals surface area contributed by atoms with Crippen LogP contribution in [0.1, 0.15) is 30.0 Å². The van der Waals surface area contributed by atoms with Gasteiger partial charge in [-0.05, 0) is 71.1 Å². The number of hydrazone groups is 1. The van der Waals surface area contributed by atoms with Crippen molar-refractivity contribution in [1.29, 1.82) is 0 Å². The predicted molar refractivity (Wildman–Crippen MR) is 159 cm³/mol. The first-order chi connectivity index (χ1) is 20.7. The fraction of sp³-hybridized carbons (Fsp3) is 0.258. The molecule has 224 valence electrons. The first-order valence-electron chi connectivity index (χ1n) is 13.8. The summed E-state index contributed by atoms with van der Waals surface area (Å²) in [6.45, 7) is 4.04. The number of morpholine rings is 1. The molecule has 0 unspecified atom stereocenters. The second-order valence-electron chi connectivity index (χ2n) is 9.97. The highest BCUT2D eigenvalue weighted by Gasteiger charge is 2.31. The van der Waals surface area contributed by atoms with E-state index in [0.29, 0.717) is 49.5 Å². The van der Waals surface area contributed by atoms with Crippen LogP contribution in [-0.4, -0.2) is 47.6 Å². The maximum Gasteiger partial charge on any atom is 0.416 e. The molecule has 0 radical (unpaired) electrons. The molecule has 0 saturated carbocycles. The lowest BCUT2D eigenvalue weighted by Gasteiger charge is -2.27. The number of benzene rings is 3. The van der Waals surface area contributed by atoms with E-state index in [-0.39, 0.29) is 23.2 Å². The zero-order chi connectivity index (χ0) is 30.4. The van der Waals surface area contributed by atoms with Crippen LogP contribution in [0.5, 0.6) is 5.75 Å². The Balaban J connectivity index is 1.36. The highest BCUT2D eigenvalue weighted by molar-refractivity contribution is 5.84. The Morgan fingerprint density at radius 2 is 1.84 bits per heavy atom. The van der Waals surface area contributed by atoms with E-state index < -0.39 is 17.6 Å². The minimum Gasteiger partial charge on any atom is -0.508 e. The van der Waals surface area contributed by atoms with E-state index in [1.165, 1.54) is 12.1 Å². The Morgan fingerprint density at radius 1 is 1.02 bits per heavy atom. The molecule has 12 heteroatoms. The summed E-state index contributed by atoms with van der Waals surface area (Å²) in [4.78, 5) is 10.0. The van der Waals surface area contributed by atoms with Crippen molar-refractivity contribution in [3.05, 3.63) is 89.4 Å². The predicted octanol–water partition coefficient (Wildman–Crippen LogP) is 6.99. The molecule has 1 aliphatic rings. The number of ether oxygens (including phenoxy) is 1. The largest absolute Gasteiger partial charge is 0.508 e. The molecule has 0 aliphatic carbocycles. The Bertz CT molecular complexity index is 1610. The van der Waals surface area contributed by atoms with Crippen molar-refractivity contribution < 1.29 is 27.4 Å². The summed E-state index contributed by atoms with van der Waals surface area (Å²) in [5.41, 5.74) is 5.29. The number of phenolic OH excluding ortho intramolecular Hbond substituents is 1. The summed E-state index contributed by atoms with van der Waals surface area (Å²) in [5.74, 6) is -0.245. The highest BCUT2D eigenvalue weighted by atomic mass is 19.4. The van der Waals surface area contributed by atoms with Gasteiger partial charge in [0.05, 0.1) is 31.2 Å². The monoisotopic (exact) mass is 594 g/mol. The Labute approximate surface area is 246 Å². The molecule has 0 bridgehead atoms. The van der Waals surface area contributed by atoms with E-state index in [4.69, 9.17) is 4.74 Å². The van der Waals surface area contributed by atoms with Crippen LogP contribution in [0, 0.1) is 5.82 Å². The number of phenols is 1. The Kier molecular flexibility index (Phi) is 9.05. The molecule has 3 aromatic carbocycles. The van der Waals surface area contributed by atoms with Gasteiger partial charge in [-0.3, -0.25) is 0 Å².